The van der Waals surface area contributed by atoms with Crippen molar-refractivity contribution in [2.24, 2.45) is 0 Å². The number of amides is 1. The SMILES string of the molecule is N#Cc1ccc(-c2ccccc2)nc1SCC(=O)Nc1ccc2cc[nH]c2c1. The molecule has 0 aliphatic heterocycles. The van der Waals surface area contributed by atoms with Gasteiger partial charge in [-0.3, -0.25) is 4.79 Å². The second-order valence-electron chi connectivity index (χ2n) is 6.14. The van der Waals surface area contributed by atoms with Crippen LogP contribution in [0.2, 0.25) is 0 Å². The highest BCUT2D eigenvalue weighted by molar-refractivity contribution is 8.00. The van der Waals surface area contributed by atoms with E-state index >= 15 is 0 Å². The lowest BCUT2D eigenvalue weighted by molar-refractivity contribution is -0.113. The number of rotatable bonds is 5. The van der Waals surface area contributed by atoms with Gasteiger partial charge in [-0.1, -0.05) is 48.2 Å². The number of carbonyl (C=O) groups excluding carboxylic acids is 1. The molecule has 0 atom stereocenters. The molecule has 2 aromatic carbocycles. The van der Waals surface area contributed by atoms with Crippen LogP contribution >= 0.6 is 11.8 Å². The quantitative estimate of drug-likeness (QED) is 0.483. The molecule has 2 aromatic heterocycles. The number of thioether (sulfide) groups is 1. The predicted molar refractivity (Wildman–Crippen MR) is 112 cm³/mol. The Labute approximate surface area is 166 Å². The van der Waals surface area contributed by atoms with Gasteiger partial charge in [0, 0.05) is 23.0 Å². The van der Waals surface area contributed by atoms with Gasteiger partial charge >= 0.3 is 0 Å². The molecule has 1 amide bonds. The van der Waals surface area contributed by atoms with Crippen LogP contribution < -0.4 is 5.32 Å². The van der Waals surface area contributed by atoms with E-state index in [1.54, 1.807) is 6.07 Å². The first-order chi connectivity index (χ1) is 13.7. The van der Waals surface area contributed by atoms with Crippen LogP contribution in [0, 0.1) is 11.3 Å². The number of hydrogen-bond donors (Lipinski definition) is 2. The molecule has 0 spiro atoms. The summed E-state index contributed by atoms with van der Waals surface area (Å²) in [7, 11) is 0. The third-order valence-corrected chi connectivity index (χ3v) is 5.22. The highest BCUT2D eigenvalue weighted by Gasteiger charge is 2.11. The van der Waals surface area contributed by atoms with Crippen LogP contribution in [0.1, 0.15) is 5.56 Å². The van der Waals surface area contributed by atoms with Gasteiger partial charge in [0.1, 0.15) is 11.1 Å². The molecule has 5 nitrogen and oxygen atoms in total. The molecule has 0 unspecified atom stereocenters. The van der Waals surface area contributed by atoms with E-state index in [4.69, 9.17) is 0 Å². The number of H-pyrrole nitrogens is 1. The molecule has 0 radical (unpaired) electrons. The molecule has 136 valence electrons. The Balaban J connectivity index is 1.47. The molecule has 0 aliphatic rings. The number of aromatic nitrogens is 2. The normalized spacial score (nSPS) is 10.5. The van der Waals surface area contributed by atoms with E-state index in [0.717, 1.165) is 27.8 Å². The van der Waals surface area contributed by atoms with E-state index in [1.807, 2.05) is 66.9 Å². The average Bonchev–Trinajstić information content (AvgIpc) is 3.20. The zero-order valence-corrected chi connectivity index (χ0v) is 15.7. The van der Waals surface area contributed by atoms with Gasteiger partial charge in [-0.05, 0) is 35.7 Å². The zero-order valence-electron chi connectivity index (χ0n) is 14.8. The fourth-order valence-electron chi connectivity index (χ4n) is 2.86. The number of nitrogens with zero attached hydrogens (tertiary/aromatic N) is 2. The Hall–Kier alpha value is -3.56. The largest absolute Gasteiger partial charge is 0.361 e. The number of nitrogens with one attached hydrogen (secondary N) is 2. The van der Waals surface area contributed by atoms with Crippen molar-refractivity contribution < 1.29 is 4.79 Å². The molecule has 6 heteroatoms. The summed E-state index contributed by atoms with van der Waals surface area (Å²) >= 11 is 1.26. The first kappa shape index (κ1) is 17.8. The number of aromatic amines is 1. The van der Waals surface area contributed by atoms with Crippen molar-refractivity contribution in [3.8, 4) is 17.3 Å². The number of pyridine rings is 1. The summed E-state index contributed by atoms with van der Waals surface area (Å²) in [5, 5.41) is 13.9. The molecular formula is C22H16N4OS. The maximum atomic E-state index is 12.4. The molecule has 4 aromatic rings. The van der Waals surface area contributed by atoms with Crippen LogP contribution in [0.25, 0.3) is 22.2 Å². The Kier molecular flexibility index (Phi) is 5.09. The number of benzene rings is 2. The Bertz CT molecular complexity index is 1180. The molecule has 4 rings (SSSR count). The highest BCUT2D eigenvalue weighted by Crippen LogP contribution is 2.25. The Morgan fingerprint density at radius 2 is 1.96 bits per heavy atom. The smallest absolute Gasteiger partial charge is 0.234 e. The van der Waals surface area contributed by atoms with Crippen molar-refractivity contribution in [3.05, 3.63) is 78.5 Å². The molecule has 0 fully saturated rings. The Morgan fingerprint density at radius 3 is 2.79 bits per heavy atom. The summed E-state index contributed by atoms with van der Waals surface area (Å²) < 4.78 is 0. The van der Waals surface area contributed by atoms with E-state index in [9.17, 15) is 10.1 Å². The van der Waals surface area contributed by atoms with Gasteiger partial charge in [0.15, 0.2) is 0 Å². The second kappa shape index (κ2) is 7.99. The van der Waals surface area contributed by atoms with Crippen molar-refractivity contribution in [3.63, 3.8) is 0 Å². The molecule has 0 bridgehead atoms. The van der Waals surface area contributed by atoms with Gasteiger partial charge in [0.2, 0.25) is 5.91 Å². The first-order valence-electron chi connectivity index (χ1n) is 8.69. The van der Waals surface area contributed by atoms with Gasteiger partial charge in [-0.25, -0.2) is 4.98 Å². The molecule has 2 N–H and O–H groups in total. The van der Waals surface area contributed by atoms with E-state index in [-0.39, 0.29) is 11.7 Å². The highest BCUT2D eigenvalue weighted by atomic mass is 32.2. The van der Waals surface area contributed by atoms with Crippen molar-refractivity contribution in [2.75, 3.05) is 11.1 Å². The number of anilines is 1. The molecule has 0 aliphatic carbocycles. The van der Waals surface area contributed by atoms with E-state index in [2.05, 4.69) is 21.4 Å². The van der Waals surface area contributed by atoms with Crippen LogP contribution in [0.5, 0.6) is 0 Å². The fourth-order valence-corrected chi connectivity index (χ4v) is 3.63. The second-order valence-corrected chi connectivity index (χ2v) is 7.11. The summed E-state index contributed by atoms with van der Waals surface area (Å²) in [5.74, 6) is 0.0228. The molecule has 2 heterocycles. The maximum absolute atomic E-state index is 12.4. The summed E-state index contributed by atoms with van der Waals surface area (Å²) in [4.78, 5) is 20.1. The van der Waals surface area contributed by atoms with Crippen molar-refractivity contribution >= 4 is 34.3 Å². The van der Waals surface area contributed by atoms with E-state index < -0.39 is 0 Å². The van der Waals surface area contributed by atoms with Gasteiger partial charge in [-0.15, -0.1) is 0 Å². The van der Waals surface area contributed by atoms with E-state index in [1.165, 1.54) is 11.8 Å². The van der Waals surface area contributed by atoms with Crippen LogP contribution in [-0.2, 0) is 4.79 Å². The fraction of sp³-hybridized carbons (Fsp3) is 0.0455. The van der Waals surface area contributed by atoms with Crippen LogP contribution in [0.4, 0.5) is 5.69 Å². The minimum absolute atomic E-state index is 0.147. The van der Waals surface area contributed by atoms with E-state index in [0.29, 0.717) is 10.6 Å². The van der Waals surface area contributed by atoms with Gasteiger partial charge in [0.05, 0.1) is 17.0 Å². The minimum Gasteiger partial charge on any atom is -0.361 e. The van der Waals surface area contributed by atoms with Crippen molar-refractivity contribution in [1.82, 2.24) is 9.97 Å². The van der Waals surface area contributed by atoms with Gasteiger partial charge < -0.3 is 10.3 Å². The molecule has 0 saturated carbocycles. The molecule has 0 saturated heterocycles. The summed E-state index contributed by atoms with van der Waals surface area (Å²) in [5.41, 5.74) is 3.91. The standard InChI is InChI=1S/C22H16N4OS/c23-13-17-7-9-19(15-4-2-1-3-5-15)26-22(17)28-14-21(27)25-18-8-6-16-10-11-24-20(16)12-18/h1-12,24H,14H2,(H,25,27). The first-order valence-corrected chi connectivity index (χ1v) is 9.68. The summed E-state index contributed by atoms with van der Waals surface area (Å²) in [6.45, 7) is 0. The predicted octanol–water partition coefficient (Wildman–Crippen LogP) is 4.83. The van der Waals surface area contributed by atoms with Crippen LogP contribution in [0.15, 0.2) is 78.0 Å². The number of carbonyl (C=O) groups is 1. The van der Waals surface area contributed by atoms with Gasteiger partial charge in [0.25, 0.3) is 0 Å². The number of fused-ring (bicyclic) bond motifs is 1. The van der Waals surface area contributed by atoms with Crippen molar-refractivity contribution in [1.29, 1.82) is 5.26 Å². The van der Waals surface area contributed by atoms with Crippen molar-refractivity contribution in [2.45, 2.75) is 5.03 Å². The monoisotopic (exact) mass is 384 g/mol. The lowest BCUT2D eigenvalue weighted by Gasteiger charge is -2.08. The number of hydrogen-bond acceptors (Lipinski definition) is 4. The summed E-state index contributed by atoms with van der Waals surface area (Å²) in [6.07, 6.45) is 1.86. The summed E-state index contributed by atoms with van der Waals surface area (Å²) in [6, 6.07) is 23.2. The minimum atomic E-state index is -0.147. The third kappa shape index (κ3) is 3.90. The third-order valence-electron chi connectivity index (χ3n) is 4.23. The van der Waals surface area contributed by atoms with Crippen LogP contribution in [0.3, 0.4) is 0 Å². The molecule has 28 heavy (non-hydrogen) atoms. The lowest BCUT2D eigenvalue weighted by Crippen LogP contribution is -2.14. The number of nitriles is 1. The average molecular weight is 384 g/mol. The van der Waals surface area contributed by atoms with Crippen LogP contribution in [-0.4, -0.2) is 21.6 Å². The zero-order chi connectivity index (χ0) is 19.3. The Morgan fingerprint density at radius 1 is 1.11 bits per heavy atom. The molecular weight excluding hydrogens is 368 g/mol. The topological polar surface area (TPSA) is 81.6 Å². The van der Waals surface area contributed by atoms with Gasteiger partial charge in [-0.2, -0.15) is 5.26 Å². The lowest BCUT2D eigenvalue weighted by atomic mass is 10.1. The maximum Gasteiger partial charge on any atom is 0.234 e.